The van der Waals surface area contributed by atoms with Crippen LogP contribution < -0.4 is 16.0 Å². The van der Waals surface area contributed by atoms with Crippen molar-refractivity contribution in [2.24, 2.45) is 5.73 Å². The van der Waals surface area contributed by atoms with E-state index >= 15 is 0 Å². The number of benzene rings is 1. The van der Waals surface area contributed by atoms with Crippen molar-refractivity contribution in [3.8, 4) is 0 Å². The molecule has 1 aliphatic heterocycles. The highest BCUT2D eigenvalue weighted by atomic mass is 32.1. The molecule has 0 bridgehead atoms. The van der Waals surface area contributed by atoms with E-state index in [0.717, 1.165) is 17.7 Å². The van der Waals surface area contributed by atoms with Crippen molar-refractivity contribution in [1.82, 2.24) is 0 Å². The second-order valence-corrected chi connectivity index (χ2v) is 4.55. The molecule has 6 heteroatoms. The van der Waals surface area contributed by atoms with Gasteiger partial charge < -0.3 is 11.1 Å². The molecule has 0 radical (unpaired) electrons. The zero-order valence-electron chi connectivity index (χ0n) is 9.85. The van der Waals surface area contributed by atoms with E-state index in [1.54, 1.807) is 6.07 Å². The van der Waals surface area contributed by atoms with Crippen molar-refractivity contribution in [2.45, 2.75) is 12.8 Å². The molecule has 3 N–H and O–H groups in total. The monoisotopic (exact) mass is 265 g/mol. The van der Waals surface area contributed by atoms with Crippen LogP contribution in [0.1, 0.15) is 12.0 Å². The molecule has 0 saturated heterocycles. The van der Waals surface area contributed by atoms with Crippen molar-refractivity contribution in [1.29, 1.82) is 0 Å². The maximum atomic E-state index is 11.5. The molecule has 0 spiro atoms. The summed E-state index contributed by atoms with van der Waals surface area (Å²) in [6.45, 7) is 0.596. The molecular formula is C12H15N3O2S. The SMILES string of the molecule is NC(=O)N1CCc2ccc(NC(=O)CCS)cc21. The van der Waals surface area contributed by atoms with Gasteiger partial charge in [0.2, 0.25) is 5.91 Å². The Labute approximate surface area is 111 Å². The second kappa shape index (κ2) is 5.30. The van der Waals surface area contributed by atoms with E-state index in [4.69, 9.17) is 5.73 Å². The summed E-state index contributed by atoms with van der Waals surface area (Å²) in [5.74, 6) is 0.415. The first kappa shape index (κ1) is 12.8. The summed E-state index contributed by atoms with van der Waals surface area (Å²) in [5, 5.41) is 2.77. The van der Waals surface area contributed by atoms with Gasteiger partial charge in [0, 0.05) is 18.7 Å². The van der Waals surface area contributed by atoms with Crippen LogP contribution in [0.4, 0.5) is 16.2 Å². The molecule has 18 heavy (non-hydrogen) atoms. The summed E-state index contributed by atoms with van der Waals surface area (Å²) in [6, 6.07) is 5.06. The molecule has 0 unspecified atom stereocenters. The van der Waals surface area contributed by atoms with Gasteiger partial charge in [-0.1, -0.05) is 6.07 Å². The molecular weight excluding hydrogens is 250 g/mol. The maximum absolute atomic E-state index is 11.5. The van der Waals surface area contributed by atoms with Gasteiger partial charge in [-0.15, -0.1) is 0 Å². The Bertz CT molecular complexity index is 490. The summed E-state index contributed by atoms with van der Waals surface area (Å²) >= 11 is 4.00. The van der Waals surface area contributed by atoms with Gasteiger partial charge in [-0.2, -0.15) is 12.6 Å². The molecule has 0 saturated carbocycles. The van der Waals surface area contributed by atoms with Gasteiger partial charge in [-0.05, 0) is 29.9 Å². The smallest absolute Gasteiger partial charge is 0.319 e. The van der Waals surface area contributed by atoms with Crippen LogP contribution in [0.25, 0.3) is 0 Å². The predicted octanol–water partition coefficient (Wildman–Crippen LogP) is 1.39. The Hall–Kier alpha value is -1.69. The third-order valence-electron chi connectivity index (χ3n) is 2.87. The van der Waals surface area contributed by atoms with Crippen LogP contribution in [0.5, 0.6) is 0 Å². The normalized spacial score (nSPS) is 13.3. The number of urea groups is 1. The highest BCUT2D eigenvalue weighted by molar-refractivity contribution is 7.80. The number of nitrogens with two attached hydrogens (primary N) is 1. The number of hydrogen-bond acceptors (Lipinski definition) is 3. The van der Waals surface area contributed by atoms with E-state index in [-0.39, 0.29) is 5.91 Å². The molecule has 5 nitrogen and oxygen atoms in total. The molecule has 0 fully saturated rings. The molecule has 2 rings (SSSR count). The van der Waals surface area contributed by atoms with Gasteiger partial charge in [-0.3, -0.25) is 9.69 Å². The third-order valence-corrected chi connectivity index (χ3v) is 3.09. The number of anilines is 2. The van der Waals surface area contributed by atoms with Crippen LogP contribution in [0, 0.1) is 0 Å². The first-order valence-electron chi connectivity index (χ1n) is 5.72. The van der Waals surface area contributed by atoms with Crippen molar-refractivity contribution >= 4 is 35.9 Å². The Morgan fingerprint density at radius 1 is 1.44 bits per heavy atom. The molecule has 0 atom stereocenters. The van der Waals surface area contributed by atoms with E-state index in [0.29, 0.717) is 24.4 Å². The molecule has 1 aliphatic rings. The minimum atomic E-state index is -0.465. The van der Waals surface area contributed by atoms with Crippen LogP contribution in [0.3, 0.4) is 0 Å². The number of carbonyl (C=O) groups excluding carboxylic acids is 2. The number of nitrogens with zero attached hydrogens (tertiary/aromatic N) is 1. The van der Waals surface area contributed by atoms with Crippen molar-refractivity contribution < 1.29 is 9.59 Å². The lowest BCUT2D eigenvalue weighted by Crippen LogP contribution is -2.34. The fraction of sp³-hybridized carbons (Fsp3) is 0.333. The van der Waals surface area contributed by atoms with Gasteiger partial charge >= 0.3 is 6.03 Å². The minimum Gasteiger partial charge on any atom is -0.351 e. The van der Waals surface area contributed by atoms with Crippen molar-refractivity contribution in [3.63, 3.8) is 0 Å². The fourth-order valence-corrected chi connectivity index (χ4v) is 2.21. The molecule has 1 aromatic rings. The van der Waals surface area contributed by atoms with Gasteiger partial charge in [-0.25, -0.2) is 4.79 Å². The molecule has 0 aromatic heterocycles. The zero-order valence-corrected chi connectivity index (χ0v) is 10.7. The van der Waals surface area contributed by atoms with E-state index in [2.05, 4.69) is 17.9 Å². The average Bonchev–Trinajstić information content (AvgIpc) is 2.72. The highest BCUT2D eigenvalue weighted by Crippen LogP contribution is 2.30. The largest absolute Gasteiger partial charge is 0.351 e. The van der Waals surface area contributed by atoms with Crippen LogP contribution in [0.2, 0.25) is 0 Å². The van der Waals surface area contributed by atoms with Crippen LogP contribution in [-0.2, 0) is 11.2 Å². The topological polar surface area (TPSA) is 75.4 Å². The number of thiol groups is 1. The predicted molar refractivity (Wildman–Crippen MR) is 74.2 cm³/mol. The Balaban J connectivity index is 2.19. The Kier molecular flexibility index (Phi) is 3.76. The summed E-state index contributed by atoms with van der Waals surface area (Å²) in [6.07, 6.45) is 1.16. The Morgan fingerprint density at radius 3 is 2.89 bits per heavy atom. The highest BCUT2D eigenvalue weighted by Gasteiger charge is 2.23. The summed E-state index contributed by atoms with van der Waals surface area (Å²) in [4.78, 5) is 24.2. The lowest BCUT2D eigenvalue weighted by atomic mass is 10.1. The Morgan fingerprint density at radius 2 is 2.22 bits per heavy atom. The zero-order chi connectivity index (χ0) is 13.1. The van der Waals surface area contributed by atoms with Crippen LogP contribution in [-0.4, -0.2) is 24.2 Å². The maximum Gasteiger partial charge on any atom is 0.319 e. The molecule has 0 aliphatic carbocycles. The third kappa shape index (κ3) is 2.59. The lowest BCUT2D eigenvalue weighted by Gasteiger charge is -2.15. The summed E-state index contributed by atoms with van der Waals surface area (Å²) in [5.41, 5.74) is 7.83. The number of amides is 3. The van der Waals surface area contributed by atoms with Gasteiger partial charge in [0.15, 0.2) is 0 Å². The molecule has 1 aromatic carbocycles. The van der Waals surface area contributed by atoms with Gasteiger partial charge in [0.05, 0.1) is 5.69 Å². The number of hydrogen-bond donors (Lipinski definition) is 3. The van der Waals surface area contributed by atoms with E-state index in [1.165, 1.54) is 4.90 Å². The number of nitrogens with one attached hydrogen (secondary N) is 1. The number of primary amides is 1. The number of rotatable bonds is 3. The van der Waals surface area contributed by atoms with Crippen LogP contribution in [0.15, 0.2) is 18.2 Å². The lowest BCUT2D eigenvalue weighted by molar-refractivity contribution is -0.115. The van der Waals surface area contributed by atoms with E-state index < -0.39 is 6.03 Å². The first-order chi connectivity index (χ1) is 8.61. The van der Waals surface area contributed by atoms with E-state index in [1.807, 2.05) is 12.1 Å². The molecule has 96 valence electrons. The van der Waals surface area contributed by atoms with Crippen molar-refractivity contribution in [3.05, 3.63) is 23.8 Å². The molecule has 3 amide bonds. The fourth-order valence-electron chi connectivity index (χ4n) is 2.01. The van der Waals surface area contributed by atoms with Gasteiger partial charge in [0.25, 0.3) is 0 Å². The van der Waals surface area contributed by atoms with Crippen LogP contribution >= 0.6 is 12.6 Å². The summed E-state index contributed by atoms with van der Waals surface area (Å²) < 4.78 is 0. The number of fused-ring (bicyclic) bond motifs is 1. The standard InChI is InChI=1S/C12H15N3O2S/c13-12(17)15-5-3-8-1-2-9(7-10(8)15)14-11(16)4-6-18/h1-2,7,18H,3-6H2,(H2,13,17)(H,14,16). The molecule has 1 heterocycles. The van der Waals surface area contributed by atoms with Crippen molar-refractivity contribution in [2.75, 3.05) is 22.5 Å². The quantitative estimate of drug-likeness (QED) is 0.722. The minimum absolute atomic E-state index is 0.0893. The first-order valence-corrected chi connectivity index (χ1v) is 6.35. The summed E-state index contributed by atoms with van der Waals surface area (Å²) in [7, 11) is 0. The van der Waals surface area contributed by atoms with Gasteiger partial charge in [0.1, 0.15) is 0 Å². The van der Waals surface area contributed by atoms with E-state index in [9.17, 15) is 9.59 Å². The second-order valence-electron chi connectivity index (χ2n) is 4.11. The number of carbonyl (C=O) groups is 2. The average molecular weight is 265 g/mol.